The molecule has 0 spiro atoms. The molecule has 0 N–H and O–H groups in total. The van der Waals surface area contributed by atoms with E-state index in [4.69, 9.17) is 4.98 Å². The molecule has 0 saturated heterocycles. The van der Waals surface area contributed by atoms with Crippen LogP contribution in [0.25, 0.3) is 38.8 Å². The van der Waals surface area contributed by atoms with Gasteiger partial charge in [0.05, 0.1) is 22.4 Å². The molecule has 8 aromatic rings. The van der Waals surface area contributed by atoms with Crippen LogP contribution in [0.3, 0.4) is 0 Å². The second kappa shape index (κ2) is 12.3. The summed E-state index contributed by atoms with van der Waals surface area (Å²) < 4.78 is 2.30. The number of hydrogen-bond acceptors (Lipinski definition) is 3. The Hall–Kier alpha value is -6.13. The summed E-state index contributed by atoms with van der Waals surface area (Å²) >= 11 is 0. The maximum absolute atomic E-state index is 4.75. The number of benzene rings is 6. The van der Waals surface area contributed by atoms with Crippen LogP contribution >= 0.6 is 0 Å². The summed E-state index contributed by atoms with van der Waals surface area (Å²) in [5, 5.41) is 2.48. The van der Waals surface area contributed by atoms with Gasteiger partial charge in [-0.15, -0.1) is 0 Å². The third kappa shape index (κ3) is 5.54. The number of pyridine rings is 1. The third-order valence-corrected chi connectivity index (χ3v) is 10.2. The fraction of sp³-hybridized carbons (Fsp3) is 0.128. The van der Waals surface area contributed by atoms with Crippen molar-refractivity contribution >= 4 is 44.6 Å². The van der Waals surface area contributed by atoms with Crippen molar-refractivity contribution in [2.45, 2.75) is 32.6 Å². The minimum Gasteiger partial charge on any atom is -0.321 e. The van der Waals surface area contributed by atoms with Crippen molar-refractivity contribution in [1.82, 2.24) is 9.55 Å². The smallest absolute Gasteiger partial charge is 0.137 e. The van der Waals surface area contributed by atoms with Gasteiger partial charge in [0.2, 0.25) is 0 Å². The van der Waals surface area contributed by atoms with Crippen molar-refractivity contribution in [2.75, 3.05) is 16.5 Å². The molecule has 3 heterocycles. The van der Waals surface area contributed by atoms with Gasteiger partial charge < -0.3 is 9.80 Å². The van der Waals surface area contributed by atoms with Crippen molar-refractivity contribution in [3.63, 3.8) is 0 Å². The highest BCUT2D eigenvalue weighted by Gasteiger charge is 2.31. The van der Waals surface area contributed by atoms with Crippen molar-refractivity contribution < 1.29 is 0 Å². The Morgan fingerprint density at radius 3 is 2.00 bits per heavy atom. The zero-order valence-corrected chi connectivity index (χ0v) is 29.3. The van der Waals surface area contributed by atoms with Gasteiger partial charge in [0.25, 0.3) is 0 Å². The van der Waals surface area contributed by atoms with Gasteiger partial charge >= 0.3 is 0 Å². The van der Waals surface area contributed by atoms with E-state index < -0.39 is 0 Å². The number of para-hydroxylation sites is 4. The summed E-state index contributed by atoms with van der Waals surface area (Å²) in [6.07, 6.45) is 2.68. The lowest BCUT2D eigenvalue weighted by molar-refractivity contribution is 0.590. The lowest BCUT2D eigenvalue weighted by Gasteiger charge is -2.29. The first-order chi connectivity index (χ1) is 24.9. The predicted molar refractivity (Wildman–Crippen MR) is 214 cm³/mol. The SMILES string of the molecule is CC(C)(C)c1ccccc1N1CN(c2cc(Cc3ccc4c5ccccc5n(-c5ccccn5)c4c3)cc(-c3ccccc3)c2)c2ccccc21. The fourth-order valence-corrected chi connectivity index (χ4v) is 7.81. The topological polar surface area (TPSA) is 24.3 Å². The summed E-state index contributed by atoms with van der Waals surface area (Å²) in [6.45, 7) is 7.64. The molecule has 0 radical (unpaired) electrons. The Labute approximate surface area is 299 Å². The largest absolute Gasteiger partial charge is 0.321 e. The summed E-state index contributed by atoms with van der Waals surface area (Å²) in [5.41, 5.74) is 13.6. The van der Waals surface area contributed by atoms with Crippen molar-refractivity contribution in [3.05, 3.63) is 181 Å². The molecule has 51 heavy (non-hydrogen) atoms. The molecule has 1 aliphatic heterocycles. The van der Waals surface area contributed by atoms with Crippen LogP contribution < -0.4 is 9.80 Å². The second-order valence-corrected chi connectivity index (χ2v) is 14.6. The van der Waals surface area contributed by atoms with Gasteiger partial charge in [-0.25, -0.2) is 4.98 Å². The minimum absolute atomic E-state index is 0.0166. The first kappa shape index (κ1) is 30.9. The fourth-order valence-electron chi connectivity index (χ4n) is 7.81. The van der Waals surface area contributed by atoms with Crippen LogP contribution in [0.2, 0.25) is 0 Å². The molecule has 4 nitrogen and oxygen atoms in total. The number of rotatable bonds is 6. The van der Waals surface area contributed by atoms with Crippen LogP contribution in [0.5, 0.6) is 0 Å². The Morgan fingerprint density at radius 1 is 0.529 bits per heavy atom. The highest BCUT2D eigenvalue weighted by molar-refractivity contribution is 6.09. The molecule has 0 fully saturated rings. The monoisotopic (exact) mass is 660 g/mol. The Kier molecular flexibility index (Phi) is 7.47. The third-order valence-electron chi connectivity index (χ3n) is 10.2. The molecule has 0 saturated carbocycles. The van der Waals surface area contributed by atoms with Gasteiger partial charge in [-0.1, -0.05) is 124 Å². The molecule has 2 aromatic heterocycles. The molecule has 1 aliphatic rings. The number of hydrogen-bond donors (Lipinski definition) is 0. The number of anilines is 4. The van der Waals surface area contributed by atoms with Crippen LogP contribution in [0.4, 0.5) is 22.7 Å². The summed E-state index contributed by atoms with van der Waals surface area (Å²) in [7, 11) is 0. The molecular weight excluding hydrogens is 621 g/mol. The zero-order chi connectivity index (χ0) is 34.5. The molecular formula is C47H40N4. The highest BCUT2D eigenvalue weighted by atomic mass is 15.4. The predicted octanol–water partition coefficient (Wildman–Crippen LogP) is 12.0. The van der Waals surface area contributed by atoms with E-state index in [-0.39, 0.29) is 5.41 Å². The van der Waals surface area contributed by atoms with Crippen LogP contribution in [0.15, 0.2) is 164 Å². The van der Waals surface area contributed by atoms with E-state index in [1.165, 1.54) is 72.4 Å². The van der Waals surface area contributed by atoms with Gasteiger partial charge in [-0.2, -0.15) is 0 Å². The summed E-state index contributed by atoms with van der Waals surface area (Å²) in [5.74, 6) is 0.930. The standard InChI is InChI=1S/C47H40N4/c1-47(2,3)40-18-8-10-20-42(40)50-32-49(43-21-11-12-22-44(43)50)37-29-34(28-36(31-37)35-15-5-4-6-16-35)27-33-24-25-39-38-17-7-9-19-41(38)51(45(39)30-33)46-23-13-14-26-48-46/h4-26,28-31H,27,32H2,1-3H3. The van der Waals surface area contributed by atoms with E-state index in [2.05, 4.69) is 187 Å². The van der Waals surface area contributed by atoms with Gasteiger partial charge in [0.1, 0.15) is 12.5 Å². The molecule has 0 amide bonds. The zero-order valence-electron chi connectivity index (χ0n) is 29.3. The second-order valence-electron chi connectivity index (χ2n) is 14.6. The molecule has 6 aromatic carbocycles. The molecule has 0 atom stereocenters. The lowest BCUT2D eigenvalue weighted by atomic mass is 9.85. The van der Waals surface area contributed by atoms with Crippen LogP contribution in [0, 0.1) is 0 Å². The molecule has 248 valence electrons. The summed E-state index contributed by atoms with van der Waals surface area (Å²) in [6, 6.07) is 57.3. The normalized spacial score (nSPS) is 12.9. The highest BCUT2D eigenvalue weighted by Crippen LogP contribution is 2.47. The van der Waals surface area contributed by atoms with Crippen LogP contribution in [-0.4, -0.2) is 16.2 Å². The Balaban J connectivity index is 1.16. The molecule has 0 aliphatic carbocycles. The van der Waals surface area contributed by atoms with Gasteiger partial charge in [0, 0.05) is 28.3 Å². The first-order valence-electron chi connectivity index (χ1n) is 17.8. The van der Waals surface area contributed by atoms with Gasteiger partial charge in [-0.05, 0) is 94.3 Å². The minimum atomic E-state index is 0.0166. The van der Waals surface area contributed by atoms with Gasteiger partial charge in [-0.3, -0.25) is 4.57 Å². The maximum atomic E-state index is 4.75. The Morgan fingerprint density at radius 2 is 1.22 bits per heavy atom. The van der Waals surface area contributed by atoms with E-state index in [0.717, 1.165) is 18.9 Å². The number of fused-ring (bicyclic) bond motifs is 4. The van der Waals surface area contributed by atoms with E-state index in [1.807, 2.05) is 12.3 Å². The van der Waals surface area contributed by atoms with E-state index >= 15 is 0 Å². The van der Waals surface area contributed by atoms with Gasteiger partial charge in [0.15, 0.2) is 0 Å². The van der Waals surface area contributed by atoms with Crippen molar-refractivity contribution in [3.8, 4) is 16.9 Å². The van der Waals surface area contributed by atoms with Crippen molar-refractivity contribution in [1.29, 1.82) is 0 Å². The van der Waals surface area contributed by atoms with Crippen LogP contribution in [-0.2, 0) is 11.8 Å². The Bertz CT molecular complexity index is 2530. The van der Waals surface area contributed by atoms with E-state index in [0.29, 0.717) is 0 Å². The average molecular weight is 661 g/mol. The number of nitrogens with zero attached hydrogens (tertiary/aromatic N) is 4. The van der Waals surface area contributed by atoms with Crippen molar-refractivity contribution in [2.24, 2.45) is 0 Å². The van der Waals surface area contributed by atoms with Crippen LogP contribution in [0.1, 0.15) is 37.5 Å². The molecule has 9 rings (SSSR count). The summed E-state index contributed by atoms with van der Waals surface area (Å²) in [4.78, 5) is 9.71. The molecule has 0 bridgehead atoms. The lowest BCUT2D eigenvalue weighted by Crippen LogP contribution is -2.26. The van der Waals surface area contributed by atoms with E-state index in [1.54, 1.807) is 0 Å². The molecule has 0 unspecified atom stereocenters. The first-order valence-corrected chi connectivity index (χ1v) is 17.8. The molecule has 4 heteroatoms. The maximum Gasteiger partial charge on any atom is 0.137 e. The average Bonchev–Trinajstić information content (AvgIpc) is 3.71. The number of aromatic nitrogens is 2. The van der Waals surface area contributed by atoms with E-state index in [9.17, 15) is 0 Å². The quantitative estimate of drug-likeness (QED) is 0.177.